The van der Waals surface area contributed by atoms with Gasteiger partial charge in [0.2, 0.25) is 5.91 Å². The second-order valence-corrected chi connectivity index (χ2v) is 2.67. The van der Waals surface area contributed by atoms with Gasteiger partial charge in [0, 0.05) is 0 Å². The summed E-state index contributed by atoms with van der Waals surface area (Å²) in [6.45, 7) is 0. The van der Waals surface area contributed by atoms with Crippen LogP contribution in [0.5, 0.6) is 0 Å². The molecule has 0 saturated heterocycles. The van der Waals surface area contributed by atoms with Gasteiger partial charge in [0.1, 0.15) is 6.04 Å². The first-order valence-electron chi connectivity index (χ1n) is 3.40. The van der Waals surface area contributed by atoms with Gasteiger partial charge in [-0.25, -0.2) is 4.79 Å². The van der Waals surface area contributed by atoms with Crippen LogP contribution in [0.1, 0.15) is 12.8 Å². The topological polar surface area (TPSA) is 92.4 Å². The Labute approximate surface area is 63.6 Å². The largest absolute Gasteiger partial charge is 0.465 e. The molecule has 4 N–H and O–H groups in total. The third-order valence-electron chi connectivity index (χ3n) is 1.68. The molecule has 0 radical (unpaired) electrons. The van der Waals surface area contributed by atoms with Crippen molar-refractivity contribution in [3.8, 4) is 0 Å². The molecule has 11 heavy (non-hydrogen) atoms. The van der Waals surface area contributed by atoms with Crippen LogP contribution in [0.2, 0.25) is 0 Å². The molecule has 62 valence electrons. The van der Waals surface area contributed by atoms with Crippen LogP contribution in [0, 0.1) is 5.92 Å². The average molecular weight is 158 g/mol. The van der Waals surface area contributed by atoms with Gasteiger partial charge in [-0.15, -0.1) is 0 Å². The summed E-state index contributed by atoms with van der Waals surface area (Å²) in [5.41, 5.74) is 4.96. The number of hydrogen-bond acceptors (Lipinski definition) is 2. The van der Waals surface area contributed by atoms with Crippen LogP contribution in [0.25, 0.3) is 0 Å². The monoisotopic (exact) mass is 158 g/mol. The molecule has 1 saturated carbocycles. The summed E-state index contributed by atoms with van der Waals surface area (Å²) >= 11 is 0. The van der Waals surface area contributed by atoms with Gasteiger partial charge in [0.05, 0.1) is 0 Å². The predicted molar refractivity (Wildman–Crippen MR) is 36.9 cm³/mol. The number of nitrogens with one attached hydrogen (secondary N) is 1. The molecule has 1 unspecified atom stereocenters. The van der Waals surface area contributed by atoms with E-state index in [1.54, 1.807) is 0 Å². The molecule has 5 heteroatoms. The summed E-state index contributed by atoms with van der Waals surface area (Å²) in [5.74, 6) is -0.460. The van der Waals surface area contributed by atoms with Gasteiger partial charge in [0.25, 0.3) is 0 Å². The van der Waals surface area contributed by atoms with Gasteiger partial charge < -0.3 is 16.2 Å². The standard InChI is InChI=1S/C6H10N2O3/c7-5(9)4(3-1-2-3)8-6(10)11/h3-4,8H,1-2H2,(H2,7,9)(H,10,11). The second-order valence-electron chi connectivity index (χ2n) is 2.67. The van der Waals surface area contributed by atoms with Crippen molar-refractivity contribution in [2.75, 3.05) is 0 Å². The zero-order valence-electron chi connectivity index (χ0n) is 5.91. The summed E-state index contributed by atoms with van der Waals surface area (Å²) in [6, 6.07) is -0.688. The molecule has 0 aliphatic heterocycles. The van der Waals surface area contributed by atoms with Crippen molar-refractivity contribution in [1.82, 2.24) is 5.32 Å². The van der Waals surface area contributed by atoms with Crippen molar-refractivity contribution < 1.29 is 14.7 Å². The van der Waals surface area contributed by atoms with E-state index in [9.17, 15) is 9.59 Å². The van der Waals surface area contributed by atoms with Gasteiger partial charge in [-0.05, 0) is 18.8 Å². The molecular weight excluding hydrogens is 148 g/mol. The molecule has 0 spiro atoms. The van der Waals surface area contributed by atoms with Gasteiger partial charge in [-0.3, -0.25) is 4.79 Å². The van der Waals surface area contributed by atoms with E-state index in [1.165, 1.54) is 0 Å². The first-order chi connectivity index (χ1) is 5.11. The molecule has 1 fully saturated rings. The highest BCUT2D eigenvalue weighted by atomic mass is 16.4. The number of amides is 2. The number of nitrogens with two attached hydrogens (primary N) is 1. The fourth-order valence-corrected chi connectivity index (χ4v) is 0.984. The minimum atomic E-state index is -1.19. The van der Waals surface area contributed by atoms with E-state index in [2.05, 4.69) is 5.32 Å². The van der Waals surface area contributed by atoms with Gasteiger partial charge in [-0.1, -0.05) is 0 Å². The zero-order chi connectivity index (χ0) is 8.43. The Morgan fingerprint density at radius 2 is 2.09 bits per heavy atom. The average Bonchev–Trinajstić information content (AvgIpc) is 2.63. The van der Waals surface area contributed by atoms with E-state index in [0.717, 1.165) is 12.8 Å². The van der Waals surface area contributed by atoms with Crippen LogP contribution in [-0.2, 0) is 4.79 Å². The van der Waals surface area contributed by atoms with Crippen molar-refractivity contribution in [2.45, 2.75) is 18.9 Å². The maximum atomic E-state index is 10.6. The highest BCUT2D eigenvalue weighted by Crippen LogP contribution is 2.32. The molecule has 5 nitrogen and oxygen atoms in total. The van der Waals surface area contributed by atoms with E-state index >= 15 is 0 Å². The highest BCUT2D eigenvalue weighted by Gasteiger charge is 2.35. The predicted octanol–water partition coefficient (Wildman–Crippen LogP) is -0.482. The summed E-state index contributed by atoms with van der Waals surface area (Å²) < 4.78 is 0. The normalized spacial score (nSPS) is 18.9. The number of carbonyl (C=O) groups is 2. The Kier molecular flexibility index (Phi) is 1.98. The smallest absolute Gasteiger partial charge is 0.405 e. The minimum Gasteiger partial charge on any atom is -0.465 e. The molecule has 0 aromatic rings. The van der Waals surface area contributed by atoms with Crippen molar-refractivity contribution in [3.63, 3.8) is 0 Å². The van der Waals surface area contributed by atoms with Crippen molar-refractivity contribution in [3.05, 3.63) is 0 Å². The maximum absolute atomic E-state index is 10.6. The molecule has 0 heterocycles. The molecular formula is C6H10N2O3. The number of carboxylic acid groups (broad SMARTS) is 1. The van der Waals surface area contributed by atoms with Crippen LogP contribution in [0.3, 0.4) is 0 Å². The Morgan fingerprint density at radius 3 is 2.36 bits per heavy atom. The van der Waals surface area contributed by atoms with E-state index in [0.29, 0.717) is 0 Å². The third kappa shape index (κ3) is 2.10. The first kappa shape index (κ1) is 7.84. The quantitative estimate of drug-likeness (QED) is 0.517. The first-order valence-corrected chi connectivity index (χ1v) is 3.40. The van der Waals surface area contributed by atoms with Crippen LogP contribution in [0.4, 0.5) is 4.79 Å². The molecule has 0 aromatic carbocycles. The second kappa shape index (κ2) is 2.77. The van der Waals surface area contributed by atoms with Crippen LogP contribution >= 0.6 is 0 Å². The third-order valence-corrected chi connectivity index (χ3v) is 1.68. The molecule has 1 aliphatic carbocycles. The van der Waals surface area contributed by atoms with Gasteiger partial charge in [-0.2, -0.15) is 0 Å². The van der Waals surface area contributed by atoms with E-state index in [4.69, 9.17) is 10.8 Å². The van der Waals surface area contributed by atoms with Crippen molar-refractivity contribution in [2.24, 2.45) is 11.7 Å². The molecule has 1 rings (SSSR count). The van der Waals surface area contributed by atoms with Crippen LogP contribution in [-0.4, -0.2) is 23.1 Å². The summed E-state index contributed by atoms with van der Waals surface area (Å²) in [6.07, 6.45) is 0.572. The van der Waals surface area contributed by atoms with E-state index < -0.39 is 18.0 Å². The zero-order valence-corrected chi connectivity index (χ0v) is 5.91. The fraction of sp³-hybridized carbons (Fsp3) is 0.667. The Hall–Kier alpha value is -1.26. The van der Waals surface area contributed by atoms with Gasteiger partial charge in [0.15, 0.2) is 0 Å². The lowest BCUT2D eigenvalue weighted by molar-refractivity contribution is -0.120. The number of hydrogen-bond donors (Lipinski definition) is 3. The van der Waals surface area contributed by atoms with Gasteiger partial charge >= 0.3 is 6.09 Å². The van der Waals surface area contributed by atoms with E-state index in [1.807, 2.05) is 0 Å². The van der Waals surface area contributed by atoms with Crippen molar-refractivity contribution in [1.29, 1.82) is 0 Å². The Balaban J connectivity index is 2.45. The maximum Gasteiger partial charge on any atom is 0.405 e. The lowest BCUT2D eigenvalue weighted by Crippen LogP contribution is -2.45. The number of primary amides is 1. The number of rotatable bonds is 3. The molecule has 1 atom stereocenters. The molecule has 0 bridgehead atoms. The lowest BCUT2D eigenvalue weighted by atomic mass is 10.2. The fourth-order valence-electron chi connectivity index (χ4n) is 0.984. The van der Waals surface area contributed by atoms with E-state index in [-0.39, 0.29) is 5.92 Å². The van der Waals surface area contributed by atoms with Crippen LogP contribution < -0.4 is 11.1 Å². The number of carbonyl (C=O) groups excluding carboxylic acids is 1. The summed E-state index contributed by atoms with van der Waals surface area (Å²) in [4.78, 5) is 20.7. The summed E-state index contributed by atoms with van der Waals surface area (Å²) in [5, 5.41) is 10.4. The minimum absolute atomic E-state index is 0.128. The molecule has 0 aromatic heterocycles. The SMILES string of the molecule is NC(=O)C(NC(=O)O)C1CC1. The Morgan fingerprint density at radius 1 is 1.55 bits per heavy atom. The molecule has 1 aliphatic rings. The highest BCUT2D eigenvalue weighted by molar-refractivity contribution is 5.84. The molecule has 2 amide bonds. The summed E-state index contributed by atoms with van der Waals surface area (Å²) in [7, 11) is 0. The Bertz CT molecular complexity index is 188. The lowest BCUT2D eigenvalue weighted by Gasteiger charge is -2.10. The van der Waals surface area contributed by atoms with Crippen LogP contribution in [0.15, 0.2) is 0 Å². The van der Waals surface area contributed by atoms with Crippen molar-refractivity contribution >= 4 is 12.0 Å².